The Bertz CT molecular complexity index is 1070. The van der Waals surface area contributed by atoms with E-state index in [1.54, 1.807) is 0 Å². The molecule has 1 unspecified atom stereocenters. The molecule has 4 rings (SSSR count). The largest absolute Gasteiger partial charge is 0.494 e. The summed E-state index contributed by atoms with van der Waals surface area (Å²) in [6.45, 7) is 5.61. The molecular weight excluding hydrogens is 376 g/mol. The van der Waals surface area contributed by atoms with Crippen molar-refractivity contribution in [1.29, 1.82) is 0 Å². The molecule has 5 nitrogen and oxygen atoms in total. The van der Waals surface area contributed by atoms with Crippen LogP contribution in [0.5, 0.6) is 11.5 Å². The van der Waals surface area contributed by atoms with Gasteiger partial charge in [-0.15, -0.1) is 0 Å². The van der Waals surface area contributed by atoms with Gasteiger partial charge < -0.3 is 19.2 Å². The molecule has 3 aromatic carbocycles. The van der Waals surface area contributed by atoms with Crippen molar-refractivity contribution in [2.24, 2.45) is 0 Å². The van der Waals surface area contributed by atoms with Crippen LogP contribution in [0.1, 0.15) is 36.9 Å². The molecule has 1 heterocycles. The van der Waals surface area contributed by atoms with E-state index < -0.39 is 0 Å². The van der Waals surface area contributed by atoms with Crippen molar-refractivity contribution in [1.82, 2.24) is 9.97 Å². The normalized spacial score (nSPS) is 12.1. The second kappa shape index (κ2) is 9.46. The maximum absolute atomic E-state index is 6.02. The maximum atomic E-state index is 6.02. The van der Waals surface area contributed by atoms with E-state index in [9.17, 15) is 0 Å². The Balaban J connectivity index is 1.32. The van der Waals surface area contributed by atoms with Crippen LogP contribution in [0.15, 0.2) is 72.8 Å². The number of imidazole rings is 1. The average molecular weight is 402 g/mol. The monoisotopic (exact) mass is 402 g/mol. The topological polar surface area (TPSA) is 56.4 Å². The minimum atomic E-state index is -0.0552. The summed E-state index contributed by atoms with van der Waals surface area (Å²) in [5.74, 6) is 2.47. The van der Waals surface area contributed by atoms with Crippen molar-refractivity contribution in [3.63, 3.8) is 0 Å². The van der Waals surface area contributed by atoms with Crippen LogP contribution in [0, 0.1) is 0 Å². The van der Waals surface area contributed by atoms with Gasteiger partial charge in [0, 0.05) is 6.07 Å². The lowest BCUT2D eigenvalue weighted by Crippen LogP contribution is -2.02. The first-order valence-corrected chi connectivity index (χ1v) is 10.2. The molecule has 0 saturated carbocycles. The van der Waals surface area contributed by atoms with Crippen LogP contribution in [0.3, 0.4) is 0 Å². The molecule has 154 valence electrons. The van der Waals surface area contributed by atoms with Gasteiger partial charge in [0.1, 0.15) is 30.5 Å². The van der Waals surface area contributed by atoms with Crippen LogP contribution in [0.4, 0.5) is 0 Å². The van der Waals surface area contributed by atoms with Crippen molar-refractivity contribution in [3.8, 4) is 11.5 Å². The smallest absolute Gasteiger partial charge is 0.133 e. The number of nitrogens with zero attached hydrogens (tertiary/aromatic N) is 1. The van der Waals surface area contributed by atoms with Gasteiger partial charge in [-0.2, -0.15) is 0 Å². The molecule has 30 heavy (non-hydrogen) atoms. The van der Waals surface area contributed by atoms with Gasteiger partial charge in [-0.05, 0) is 49.2 Å². The van der Waals surface area contributed by atoms with Crippen LogP contribution >= 0.6 is 0 Å². The van der Waals surface area contributed by atoms with Gasteiger partial charge in [-0.3, -0.25) is 0 Å². The molecule has 0 aliphatic rings. The summed E-state index contributed by atoms with van der Waals surface area (Å²) >= 11 is 0. The Morgan fingerprint density at radius 2 is 1.63 bits per heavy atom. The predicted molar refractivity (Wildman–Crippen MR) is 118 cm³/mol. The number of fused-ring (bicyclic) bond motifs is 1. The lowest BCUT2D eigenvalue weighted by Gasteiger charge is -2.13. The minimum Gasteiger partial charge on any atom is -0.494 e. The SMILES string of the molecule is CCOc1ccc2[nH]c(COC(C)c3ccc(OCc4ccccc4)cc3)nc2c1. The zero-order valence-corrected chi connectivity index (χ0v) is 17.3. The van der Waals surface area contributed by atoms with Crippen LogP contribution in [0.25, 0.3) is 11.0 Å². The van der Waals surface area contributed by atoms with Gasteiger partial charge in [0.15, 0.2) is 0 Å². The highest BCUT2D eigenvalue weighted by Crippen LogP contribution is 2.23. The van der Waals surface area contributed by atoms with E-state index in [1.165, 1.54) is 0 Å². The summed E-state index contributed by atoms with van der Waals surface area (Å²) in [5, 5.41) is 0. The number of benzene rings is 3. The van der Waals surface area contributed by atoms with Crippen LogP contribution in [0.2, 0.25) is 0 Å². The third kappa shape index (κ3) is 4.99. The minimum absolute atomic E-state index is 0.0552. The average Bonchev–Trinajstić information content (AvgIpc) is 3.19. The molecule has 5 heteroatoms. The molecule has 1 aromatic heterocycles. The molecule has 0 aliphatic heterocycles. The van der Waals surface area contributed by atoms with Gasteiger partial charge in [0.2, 0.25) is 0 Å². The van der Waals surface area contributed by atoms with E-state index in [-0.39, 0.29) is 6.10 Å². The Labute approximate surface area is 176 Å². The lowest BCUT2D eigenvalue weighted by molar-refractivity contribution is 0.0488. The van der Waals surface area contributed by atoms with Gasteiger partial charge in [-0.25, -0.2) is 4.98 Å². The lowest BCUT2D eigenvalue weighted by atomic mass is 10.1. The summed E-state index contributed by atoms with van der Waals surface area (Å²) in [5.41, 5.74) is 4.10. The zero-order valence-electron chi connectivity index (χ0n) is 17.3. The first-order valence-electron chi connectivity index (χ1n) is 10.2. The standard InChI is InChI=1S/C25H26N2O3/c1-3-28-22-13-14-23-24(15-22)27-25(26-23)17-29-18(2)20-9-11-21(12-10-20)30-16-19-7-5-4-6-8-19/h4-15,18H,3,16-17H2,1-2H3,(H,26,27). The van der Waals surface area contributed by atoms with E-state index in [1.807, 2.05) is 74.5 Å². The van der Waals surface area contributed by atoms with Crippen LogP contribution in [-0.2, 0) is 18.0 Å². The number of rotatable bonds is 9. The Hall–Kier alpha value is -3.31. The van der Waals surface area contributed by atoms with Gasteiger partial charge in [-0.1, -0.05) is 42.5 Å². The molecule has 0 radical (unpaired) electrons. The second-order valence-corrected chi connectivity index (χ2v) is 7.09. The number of nitrogens with one attached hydrogen (secondary N) is 1. The number of ether oxygens (including phenoxy) is 3. The molecular formula is C25H26N2O3. The molecule has 0 spiro atoms. The van der Waals surface area contributed by atoms with Crippen molar-refractivity contribution in [2.75, 3.05) is 6.61 Å². The van der Waals surface area contributed by atoms with E-state index in [2.05, 4.69) is 22.1 Å². The summed E-state index contributed by atoms with van der Waals surface area (Å²) in [7, 11) is 0. The number of hydrogen-bond acceptors (Lipinski definition) is 4. The van der Waals surface area contributed by atoms with E-state index >= 15 is 0 Å². The first kappa shape index (κ1) is 20.0. The highest BCUT2D eigenvalue weighted by atomic mass is 16.5. The third-order valence-corrected chi connectivity index (χ3v) is 4.88. The molecule has 0 aliphatic carbocycles. The highest BCUT2D eigenvalue weighted by molar-refractivity contribution is 5.76. The van der Waals surface area contributed by atoms with E-state index in [0.717, 1.165) is 39.5 Å². The molecule has 0 amide bonds. The van der Waals surface area contributed by atoms with Gasteiger partial charge in [0.25, 0.3) is 0 Å². The molecule has 0 saturated heterocycles. The second-order valence-electron chi connectivity index (χ2n) is 7.09. The Morgan fingerprint density at radius 1 is 0.867 bits per heavy atom. The van der Waals surface area contributed by atoms with Crippen molar-refractivity contribution >= 4 is 11.0 Å². The summed E-state index contributed by atoms with van der Waals surface area (Å²) in [6.07, 6.45) is -0.0552. The Morgan fingerprint density at radius 3 is 2.40 bits per heavy atom. The Kier molecular flexibility index (Phi) is 6.30. The predicted octanol–water partition coefficient (Wildman–Crippen LogP) is 5.82. The van der Waals surface area contributed by atoms with Crippen molar-refractivity contribution in [3.05, 3.63) is 89.7 Å². The number of H-pyrrole nitrogens is 1. The molecule has 1 atom stereocenters. The fraction of sp³-hybridized carbons (Fsp3) is 0.240. The summed E-state index contributed by atoms with van der Waals surface area (Å²) in [6, 6.07) is 24.0. The molecule has 1 N–H and O–H groups in total. The number of hydrogen-bond donors (Lipinski definition) is 1. The molecule has 4 aromatic rings. The number of aromatic amines is 1. The van der Waals surface area contributed by atoms with E-state index in [4.69, 9.17) is 14.2 Å². The fourth-order valence-corrected chi connectivity index (χ4v) is 3.24. The fourth-order valence-electron chi connectivity index (χ4n) is 3.24. The van der Waals surface area contributed by atoms with Gasteiger partial charge in [0.05, 0.1) is 23.7 Å². The number of aromatic nitrogens is 2. The molecule has 0 fully saturated rings. The van der Waals surface area contributed by atoms with Crippen LogP contribution < -0.4 is 9.47 Å². The zero-order chi connectivity index (χ0) is 20.8. The van der Waals surface area contributed by atoms with Gasteiger partial charge >= 0.3 is 0 Å². The maximum Gasteiger partial charge on any atom is 0.133 e. The summed E-state index contributed by atoms with van der Waals surface area (Å²) in [4.78, 5) is 7.91. The third-order valence-electron chi connectivity index (χ3n) is 4.88. The van der Waals surface area contributed by atoms with Crippen LogP contribution in [-0.4, -0.2) is 16.6 Å². The van der Waals surface area contributed by atoms with Crippen molar-refractivity contribution in [2.45, 2.75) is 33.2 Å². The molecule has 0 bridgehead atoms. The highest BCUT2D eigenvalue weighted by Gasteiger charge is 2.10. The summed E-state index contributed by atoms with van der Waals surface area (Å²) < 4.78 is 17.4. The van der Waals surface area contributed by atoms with Crippen molar-refractivity contribution < 1.29 is 14.2 Å². The van der Waals surface area contributed by atoms with E-state index in [0.29, 0.717) is 19.8 Å². The quantitative estimate of drug-likeness (QED) is 0.383. The first-order chi connectivity index (χ1) is 14.7.